The molecule has 4 heterocycles. The van der Waals surface area contributed by atoms with Crippen LogP contribution in [0.2, 0.25) is 0 Å². The van der Waals surface area contributed by atoms with Gasteiger partial charge in [-0.3, -0.25) is 9.48 Å². The summed E-state index contributed by atoms with van der Waals surface area (Å²) in [5.74, 6) is 0.242. The quantitative estimate of drug-likeness (QED) is 0.373. The Kier molecular flexibility index (Phi) is 7.93. The fourth-order valence-corrected chi connectivity index (χ4v) is 5.70. The Morgan fingerprint density at radius 3 is 2.92 bits per heavy atom. The highest BCUT2D eigenvalue weighted by Crippen LogP contribution is 2.25. The van der Waals surface area contributed by atoms with Crippen molar-refractivity contribution in [2.24, 2.45) is 5.92 Å². The number of benzene rings is 1. The number of carboxylic acids is 1. The maximum atomic E-state index is 13.1. The van der Waals surface area contributed by atoms with Gasteiger partial charge in [-0.15, -0.1) is 0 Å². The van der Waals surface area contributed by atoms with Crippen molar-refractivity contribution in [1.29, 1.82) is 0 Å². The first-order valence-electron chi connectivity index (χ1n) is 13.8. The van der Waals surface area contributed by atoms with Crippen molar-refractivity contribution in [1.82, 2.24) is 25.0 Å². The molecule has 0 radical (unpaired) electrons. The molecule has 202 valence electrons. The van der Waals surface area contributed by atoms with Crippen molar-refractivity contribution in [3.05, 3.63) is 53.3 Å². The lowest BCUT2D eigenvalue weighted by molar-refractivity contribution is -0.139. The van der Waals surface area contributed by atoms with Gasteiger partial charge in [-0.1, -0.05) is 12.1 Å². The number of aryl methyl sites for hydroxylation is 2. The van der Waals surface area contributed by atoms with Gasteiger partial charge in [0, 0.05) is 36.8 Å². The zero-order chi connectivity index (χ0) is 26.6. The SMILES string of the molecule is CC(C)n1ncc2c(C(=O)NC(CCN3CCC(CCc4ccc5c(n4)NCCC5)C3)C(=O)O)cccc21. The number of nitrogens with one attached hydrogen (secondary N) is 2. The first kappa shape index (κ1) is 26.2. The van der Waals surface area contributed by atoms with E-state index in [9.17, 15) is 14.7 Å². The maximum absolute atomic E-state index is 13.1. The molecule has 3 N–H and O–H groups in total. The molecule has 5 rings (SSSR count). The van der Waals surface area contributed by atoms with Crippen LogP contribution in [0.1, 0.15) is 67.2 Å². The Balaban J connectivity index is 1.12. The molecule has 0 aliphatic carbocycles. The Hall–Kier alpha value is -3.46. The van der Waals surface area contributed by atoms with E-state index in [0.29, 0.717) is 24.4 Å². The second-order valence-electron chi connectivity index (χ2n) is 10.9. The van der Waals surface area contributed by atoms with Crippen molar-refractivity contribution in [2.45, 2.75) is 64.5 Å². The summed E-state index contributed by atoms with van der Waals surface area (Å²) in [6.07, 6.45) is 7.46. The summed E-state index contributed by atoms with van der Waals surface area (Å²) < 4.78 is 1.86. The molecule has 2 aromatic heterocycles. The Bertz CT molecular complexity index is 1300. The van der Waals surface area contributed by atoms with Crippen LogP contribution in [0.15, 0.2) is 36.5 Å². The first-order valence-corrected chi connectivity index (χ1v) is 13.8. The lowest BCUT2D eigenvalue weighted by Crippen LogP contribution is -2.43. The van der Waals surface area contributed by atoms with Crippen LogP contribution in [0.3, 0.4) is 0 Å². The molecule has 0 bridgehead atoms. The van der Waals surface area contributed by atoms with Crippen LogP contribution in [0.5, 0.6) is 0 Å². The summed E-state index contributed by atoms with van der Waals surface area (Å²) >= 11 is 0. The first-order chi connectivity index (χ1) is 18.4. The monoisotopic (exact) mass is 518 g/mol. The van der Waals surface area contributed by atoms with Gasteiger partial charge in [-0.05, 0) is 88.6 Å². The van der Waals surface area contributed by atoms with Gasteiger partial charge in [0.15, 0.2) is 0 Å². The van der Waals surface area contributed by atoms with Crippen LogP contribution in [-0.2, 0) is 17.6 Å². The smallest absolute Gasteiger partial charge is 0.326 e. The zero-order valence-electron chi connectivity index (χ0n) is 22.3. The fraction of sp³-hybridized carbons (Fsp3) is 0.517. The maximum Gasteiger partial charge on any atom is 0.326 e. The second kappa shape index (κ2) is 11.5. The predicted molar refractivity (Wildman–Crippen MR) is 148 cm³/mol. The lowest BCUT2D eigenvalue weighted by Gasteiger charge is -2.20. The van der Waals surface area contributed by atoms with Gasteiger partial charge >= 0.3 is 5.97 Å². The van der Waals surface area contributed by atoms with Crippen LogP contribution >= 0.6 is 0 Å². The van der Waals surface area contributed by atoms with Crippen molar-refractivity contribution in [3.63, 3.8) is 0 Å². The van der Waals surface area contributed by atoms with Gasteiger partial charge in [0.1, 0.15) is 11.9 Å². The number of pyridine rings is 1. The van der Waals surface area contributed by atoms with Gasteiger partial charge in [0.05, 0.1) is 17.3 Å². The number of anilines is 1. The van der Waals surface area contributed by atoms with Crippen molar-refractivity contribution >= 4 is 28.6 Å². The van der Waals surface area contributed by atoms with E-state index >= 15 is 0 Å². The van der Waals surface area contributed by atoms with Crippen LogP contribution in [0.25, 0.3) is 10.9 Å². The number of hydrogen-bond donors (Lipinski definition) is 3. The number of aromatic nitrogens is 3. The fourth-order valence-electron chi connectivity index (χ4n) is 5.70. The topological polar surface area (TPSA) is 112 Å². The summed E-state index contributed by atoms with van der Waals surface area (Å²) in [6, 6.07) is 9.05. The number of carbonyl (C=O) groups is 2. The third-order valence-electron chi connectivity index (χ3n) is 7.84. The van der Waals surface area contributed by atoms with Crippen molar-refractivity contribution in [2.75, 3.05) is 31.5 Å². The van der Waals surface area contributed by atoms with Crippen LogP contribution < -0.4 is 10.6 Å². The molecule has 1 aromatic carbocycles. The minimum absolute atomic E-state index is 0.160. The van der Waals surface area contributed by atoms with Crippen LogP contribution in [-0.4, -0.2) is 68.9 Å². The molecule has 2 aliphatic heterocycles. The standard InChI is InChI=1S/C29H38N6O3/c1-19(2)35-26-7-3-6-23(24(26)17-31-35)28(36)33-25(29(37)38)13-16-34-15-12-20(18-34)8-10-22-11-9-21-5-4-14-30-27(21)32-22/h3,6-7,9,11,17,19-20,25H,4-5,8,10,12-16,18H2,1-2H3,(H,30,32)(H,33,36)(H,37,38). The number of likely N-dealkylation sites (tertiary alicyclic amines) is 1. The summed E-state index contributed by atoms with van der Waals surface area (Å²) in [5, 5.41) is 21.1. The van der Waals surface area contributed by atoms with Crippen LogP contribution in [0.4, 0.5) is 5.82 Å². The van der Waals surface area contributed by atoms with E-state index in [4.69, 9.17) is 4.98 Å². The normalized spacial score (nSPS) is 18.3. The largest absolute Gasteiger partial charge is 0.480 e. The molecular weight excluding hydrogens is 480 g/mol. The number of hydrogen-bond acceptors (Lipinski definition) is 6. The second-order valence-corrected chi connectivity index (χ2v) is 10.9. The lowest BCUT2D eigenvalue weighted by atomic mass is 10.00. The van der Waals surface area contributed by atoms with E-state index in [1.807, 2.05) is 30.7 Å². The highest BCUT2D eigenvalue weighted by Gasteiger charge is 2.27. The zero-order valence-corrected chi connectivity index (χ0v) is 22.3. The third-order valence-corrected chi connectivity index (χ3v) is 7.84. The molecule has 0 spiro atoms. The van der Waals surface area contributed by atoms with Crippen molar-refractivity contribution in [3.8, 4) is 0 Å². The minimum atomic E-state index is -1.01. The van der Waals surface area contributed by atoms with Crippen LogP contribution in [0, 0.1) is 5.92 Å². The Morgan fingerprint density at radius 2 is 2.11 bits per heavy atom. The number of rotatable bonds is 10. The molecule has 2 unspecified atom stereocenters. The molecule has 0 saturated carbocycles. The number of aliphatic carboxylic acids is 1. The van der Waals surface area contributed by atoms with E-state index in [-0.39, 0.29) is 11.9 Å². The summed E-state index contributed by atoms with van der Waals surface area (Å²) in [4.78, 5) is 32.2. The highest BCUT2D eigenvalue weighted by molar-refractivity contribution is 6.07. The van der Waals surface area contributed by atoms with Crippen molar-refractivity contribution < 1.29 is 14.7 Å². The number of carbonyl (C=O) groups excluding carboxylic acids is 1. The van der Waals surface area contributed by atoms with Gasteiger partial charge in [0.25, 0.3) is 5.91 Å². The molecule has 2 atom stereocenters. The highest BCUT2D eigenvalue weighted by atomic mass is 16.4. The van der Waals surface area contributed by atoms with Gasteiger partial charge in [-0.25, -0.2) is 9.78 Å². The molecular formula is C29H38N6O3. The molecule has 2 aliphatic rings. The minimum Gasteiger partial charge on any atom is -0.480 e. The van der Waals surface area contributed by atoms with E-state index in [0.717, 1.165) is 67.7 Å². The summed E-state index contributed by atoms with van der Waals surface area (Å²) in [5.41, 5.74) is 3.77. The number of nitrogens with zero attached hydrogens (tertiary/aromatic N) is 4. The Morgan fingerprint density at radius 1 is 1.24 bits per heavy atom. The van der Waals surface area contributed by atoms with Gasteiger partial charge in [-0.2, -0.15) is 5.10 Å². The molecule has 3 aromatic rings. The van der Waals surface area contributed by atoms with Gasteiger partial charge in [0.2, 0.25) is 0 Å². The number of amides is 1. The number of carboxylic acid groups (broad SMARTS) is 1. The Labute approximate surface area is 223 Å². The molecule has 9 nitrogen and oxygen atoms in total. The average Bonchev–Trinajstić information content (AvgIpc) is 3.56. The molecule has 1 saturated heterocycles. The van der Waals surface area contributed by atoms with E-state index in [1.165, 1.54) is 12.0 Å². The average molecular weight is 519 g/mol. The number of fused-ring (bicyclic) bond motifs is 2. The van der Waals surface area contributed by atoms with E-state index in [1.54, 1.807) is 12.3 Å². The molecule has 1 amide bonds. The van der Waals surface area contributed by atoms with Gasteiger partial charge < -0.3 is 20.6 Å². The van der Waals surface area contributed by atoms with E-state index < -0.39 is 12.0 Å². The third kappa shape index (κ3) is 5.83. The predicted octanol–water partition coefficient (Wildman–Crippen LogP) is 3.90. The molecule has 9 heteroatoms. The van der Waals surface area contributed by atoms with E-state index in [2.05, 4.69) is 32.8 Å². The summed E-state index contributed by atoms with van der Waals surface area (Å²) in [6.45, 7) is 7.62. The summed E-state index contributed by atoms with van der Waals surface area (Å²) in [7, 11) is 0. The molecule has 38 heavy (non-hydrogen) atoms. The molecule has 1 fully saturated rings.